The summed E-state index contributed by atoms with van der Waals surface area (Å²) in [5.41, 5.74) is 3.60. The molecule has 0 bridgehead atoms. The number of nitrogens with one attached hydrogen (secondary N) is 1. The quantitative estimate of drug-likeness (QED) is 0.551. The highest BCUT2D eigenvalue weighted by Gasteiger charge is 2.39. The maximum absolute atomic E-state index is 14.0. The molecule has 7 heteroatoms. The molecule has 0 spiro atoms. The van der Waals surface area contributed by atoms with Crippen molar-refractivity contribution in [1.82, 2.24) is 10.2 Å². The monoisotopic (exact) mass is 499 g/mol. The van der Waals surface area contributed by atoms with E-state index in [1.807, 2.05) is 30.3 Å². The number of rotatable bonds is 7. The summed E-state index contributed by atoms with van der Waals surface area (Å²) >= 11 is 0. The van der Waals surface area contributed by atoms with Crippen LogP contribution in [-0.2, 0) is 19.1 Å². The van der Waals surface area contributed by atoms with Gasteiger partial charge < -0.3 is 14.8 Å². The van der Waals surface area contributed by atoms with E-state index in [0.29, 0.717) is 34.6 Å². The lowest BCUT2D eigenvalue weighted by Gasteiger charge is -2.33. The SMILES string of the molecule is COC(=O)C1=C(C)NC(C)=C(C(=O)OC(CN2CCCCC2)c2ccccc2)C1c1ccccc1C#N. The molecule has 1 N–H and O–H groups in total. The molecule has 0 saturated carbocycles. The molecule has 0 aromatic heterocycles. The Bertz CT molecular complexity index is 1250. The average Bonchev–Trinajstić information content (AvgIpc) is 2.92. The standard InChI is InChI=1S/C30H33N3O4/c1-20-26(29(34)36-3)28(24-15-9-8-14-23(24)18-31)27(21(2)32-20)30(35)37-25(22-12-6-4-7-13-22)19-33-16-10-5-11-17-33/h4,6-9,12-15,25,28,32H,5,10-11,16-17,19H2,1-3H3. The van der Waals surface area contributed by atoms with Crippen LogP contribution in [0.2, 0.25) is 0 Å². The van der Waals surface area contributed by atoms with E-state index < -0.39 is 24.0 Å². The maximum atomic E-state index is 14.0. The fourth-order valence-electron chi connectivity index (χ4n) is 5.25. The molecule has 2 atom stereocenters. The van der Waals surface area contributed by atoms with Crippen LogP contribution in [0.1, 0.15) is 61.8 Å². The van der Waals surface area contributed by atoms with Crippen LogP contribution in [0.5, 0.6) is 0 Å². The zero-order valence-corrected chi connectivity index (χ0v) is 21.6. The fraction of sp³-hybridized carbons (Fsp3) is 0.367. The number of likely N-dealkylation sites (tertiary alicyclic amines) is 1. The second-order valence-electron chi connectivity index (χ2n) is 9.49. The minimum absolute atomic E-state index is 0.287. The molecule has 1 fully saturated rings. The van der Waals surface area contributed by atoms with Crippen LogP contribution >= 0.6 is 0 Å². The Morgan fingerprint density at radius 2 is 1.59 bits per heavy atom. The lowest BCUT2D eigenvalue weighted by Crippen LogP contribution is -2.36. The largest absolute Gasteiger partial charge is 0.466 e. The van der Waals surface area contributed by atoms with Crippen molar-refractivity contribution in [2.45, 2.75) is 45.1 Å². The third-order valence-corrected chi connectivity index (χ3v) is 7.07. The van der Waals surface area contributed by atoms with E-state index in [2.05, 4.69) is 16.3 Å². The van der Waals surface area contributed by atoms with Crippen LogP contribution in [0.3, 0.4) is 0 Å². The number of methoxy groups -OCH3 is 1. The average molecular weight is 500 g/mol. The molecule has 37 heavy (non-hydrogen) atoms. The molecule has 4 rings (SSSR count). The van der Waals surface area contributed by atoms with Gasteiger partial charge in [0, 0.05) is 17.9 Å². The molecule has 2 aromatic carbocycles. The lowest BCUT2D eigenvalue weighted by molar-refractivity contribution is -0.146. The highest BCUT2D eigenvalue weighted by Crippen LogP contribution is 2.41. The fourth-order valence-corrected chi connectivity index (χ4v) is 5.25. The number of ether oxygens (including phenoxy) is 2. The van der Waals surface area contributed by atoms with Crippen LogP contribution in [0.15, 0.2) is 77.1 Å². The van der Waals surface area contributed by atoms with Gasteiger partial charge in [0.15, 0.2) is 0 Å². The van der Waals surface area contributed by atoms with Gasteiger partial charge in [-0.1, -0.05) is 55.0 Å². The smallest absolute Gasteiger partial charge is 0.337 e. The van der Waals surface area contributed by atoms with Crippen LogP contribution in [0.25, 0.3) is 0 Å². The minimum atomic E-state index is -0.802. The van der Waals surface area contributed by atoms with Crippen molar-refractivity contribution in [2.24, 2.45) is 0 Å². The summed E-state index contributed by atoms with van der Waals surface area (Å²) in [6.45, 7) is 6.09. The first kappa shape index (κ1) is 26.2. The number of dihydropyridines is 1. The van der Waals surface area contributed by atoms with E-state index in [9.17, 15) is 14.9 Å². The lowest BCUT2D eigenvalue weighted by atomic mass is 9.78. The first-order chi connectivity index (χ1) is 17.9. The molecule has 0 radical (unpaired) electrons. The van der Waals surface area contributed by atoms with Crippen molar-refractivity contribution in [3.05, 3.63) is 93.8 Å². The second kappa shape index (κ2) is 11.9. The minimum Gasteiger partial charge on any atom is -0.466 e. The van der Waals surface area contributed by atoms with Crippen LogP contribution in [0, 0.1) is 11.3 Å². The van der Waals surface area contributed by atoms with E-state index in [-0.39, 0.29) is 5.57 Å². The van der Waals surface area contributed by atoms with Crippen molar-refractivity contribution in [3.63, 3.8) is 0 Å². The van der Waals surface area contributed by atoms with Crippen molar-refractivity contribution in [3.8, 4) is 6.07 Å². The number of hydrogen-bond acceptors (Lipinski definition) is 7. The molecule has 192 valence electrons. The third kappa shape index (κ3) is 5.76. The predicted molar refractivity (Wildman–Crippen MR) is 140 cm³/mol. The van der Waals surface area contributed by atoms with E-state index in [1.54, 1.807) is 38.1 Å². The number of carbonyl (C=O) groups excluding carboxylic acids is 2. The molecular weight excluding hydrogens is 466 g/mol. The van der Waals surface area contributed by atoms with Crippen molar-refractivity contribution in [2.75, 3.05) is 26.7 Å². The highest BCUT2D eigenvalue weighted by atomic mass is 16.5. The van der Waals surface area contributed by atoms with Crippen molar-refractivity contribution >= 4 is 11.9 Å². The van der Waals surface area contributed by atoms with Gasteiger partial charge in [-0.05, 0) is 57.0 Å². The summed E-state index contributed by atoms with van der Waals surface area (Å²) in [4.78, 5) is 29.3. The topological polar surface area (TPSA) is 91.7 Å². The number of nitrogens with zero attached hydrogens (tertiary/aromatic N) is 2. The Morgan fingerprint density at radius 3 is 2.24 bits per heavy atom. The van der Waals surface area contributed by atoms with Gasteiger partial charge >= 0.3 is 11.9 Å². The number of nitriles is 1. The number of allylic oxidation sites excluding steroid dienone is 2. The molecule has 2 aliphatic rings. The number of carbonyl (C=O) groups is 2. The normalized spacial score (nSPS) is 19.0. The van der Waals surface area contributed by atoms with Gasteiger partial charge in [-0.15, -0.1) is 0 Å². The Balaban J connectivity index is 1.74. The first-order valence-corrected chi connectivity index (χ1v) is 12.7. The number of hydrogen-bond donors (Lipinski definition) is 1. The summed E-state index contributed by atoms with van der Waals surface area (Å²) in [6.07, 6.45) is 2.99. The Kier molecular flexibility index (Phi) is 8.42. The van der Waals surface area contributed by atoms with Crippen LogP contribution in [0.4, 0.5) is 0 Å². The molecule has 0 amide bonds. The molecular formula is C30H33N3O4. The number of piperidine rings is 1. The molecule has 0 aliphatic carbocycles. The van der Waals surface area contributed by atoms with Gasteiger partial charge in [0.2, 0.25) is 0 Å². The van der Waals surface area contributed by atoms with Gasteiger partial charge in [0.25, 0.3) is 0 Å². The third-order valence-electron chi connectivity index (χ3n) is 7.07. The molecule has 1 saturated heterocycles. The van der Waals surface area contributed by atoms with Gasteiger partial charge in [0.05, 0.1) is 35.8 Å². The predicted octanol–water partition coefficient (Wildman–Crippen LogP) is 4.74. The molecule has 7 nitrogen and oxygen atoms in total. The summed E-state index contributed by atoms with van der Waals surface area (Å²) in [5.74, 6) is -1.89. The summed E-state index contributed by atoms with van der Waals surface area (Å²) < 4.78 is 11.3. The first-order valence-electron chi connectivity index (χ1n) is 12.7. The number of benzene rings is 2. The van der Waals surface area contributed by atoms with Gasteiger partial charge in [-0.3, -0.25) is 4.90 Å². The maximum Gasteiger partial charge on any atom is 0.337 e. The van der Waals surface area contributed by atoms with Gasteiger partial charge in [-0.2, -0.15) is 5.26 Å². The summed E-state index contributed by atoms with van der Waals surface area (Å²) in [6, 6.07) is 19.0. The number of esters is 2. The van der Waals surface area contributed by atoms with Crippen molar-refractivity contribution in [1.29, 1.82) is 5.26 Å². The van der Waals surface area contributed by atoms with E-state index >= 15 is 0 Å². The van der Waals surface area contributed by atoms with Crippen LogP contribution < -0.4 is 5.32 Å². The Hall–Kier alpha value is -3.89. The Labute approximate surface area is 218 Å². The zero-order valence-electron chi connectivity index (χ0n) is 21.6. The molecule has 2 unspecified atom stereocenters. The molecule has 2 aromatic rings. The van der Waals surface area contributed by atoms with Crippen molar-refractivity contribution < 1.29 is 19.1 Å². The molecule has 2 heterocycles. The highest BCUT2D eigenvalue weighted by molar-refractivity contribution is 6.00. The van der Waals surface area contributed by atoms with E-state index in [4.69, 9.17) is 9.47 Å². The van der Waals surface area contributed by atoms with Gasteiger partial charge in [0.1, 0.15) is 6.10 Å². The second-order valence-corrected chi connectivity index (χ2v) is 9.49. The molecule has 2 aliphatic heterocycles. The van der Waals surface area contributed by atoms with E-state index in [1.165, 1.54) is 13.5 Å². The summed E-state index contributed by atoms with van der Waals surface area (Å²) in [5, 5.41) is 13.0. The van der Waals surface area contributed by atoms with Crippen LogP contribution in [-0.4, -0.2) is 43.6 Å². The Morgan fingerprint density at radius 1 is 0.973 bits per heavy atom. The van der Waals surface area contributed by atoms with E-state index in [0.717, 1.165) is 31.5 Å². The summed E-state index contributed by atoms with van der Waals surface area (Å²) in [7, 11) is 1.31. The zero-order chi connectivity index (χ0) is 26.4. The van der Waals surface area contributed by atoms with Gasteiger partial charge in [-0.25, -0.2) is 9.59 Å².